The van der Waals surface area contributed by atoms with Crippen molar-refractivity contribution in [3.05, 3.63) is 119 Å². The van der Waals surface area contributed by atoms with Crippen molar-refractivity contribution >= 4 is 69.9 Å². The van der Waals surface area contributed by atoms with Gasteiger partial charge in [-0.3, -0.25) is 0 Å². The van der Waals surface area contributed by atoms with Gasteiger partial charge in [-0.1, -0.05) is 0 Å². The third kappa shape index (κ3) is 3.54. The topological polar surface area (TPSA) is 12.9 Å². The average molecular weight is 525 g/mol. The molecule has 3 aromatic carbocycles. The van der Waals surface area contributed by atoms with Gasteiger partial charge in [-0.25, -0.2) is 0 Å². The summed E-state index contributed by atoms with van der Waals surface area (Å²) in [5.74, 6) is 0. The maximum atomic E-state index is 6.26. The fourth-order valence-electron chi connectivity index (χ4n) is 4.27. The number of hydrogen-bond donors (Lipinski definition) is 0. The zero-order valence-electron chi connectivity index (χ0n) is 16.7. The summed E-state index contributed by atoms with van der Waals surface area (Å²) in [6.07, 6.45) is 0.771. The van der Waals surface area contributed by atoms with Gasteiger partial charge in [0.15, 0.2) is 0 Å². The van der Waals surface area contributed by atoms with Gasteiger partial charge in [0.05, 0.1) is 0 Å². The minimum absolute atomic E-state index is 0.769. The van der Waals surface area contributed by atoms with Crippen molar-refractivity contribution in [3.63, 3.8) is 0 Å². The molecule has 154 valence electrons. The van der Waals surface area contributed by atoms with Crippen LogP contribution in [0.5, 0.6) is 0 Å². The normalized spacial score (nSPS) is 13.0. The van der Waals surface area contributed by atoms with Crippen molar-refractivity contribution in [2.24, 2.45) is 0 Å². The molecule has 0 bridgehead atoms. The van der Waals surface area contributed by atoms with Crippen LogP contribution in [0.15, 0.2) is 109 Å². The van der Waals surface area contributed by atoms with E-state index in [9.17, 15) is 0 Å². The molecule has 1 nitrogen and oxygen atoms in total. The Balaban J connectivity index is 1.83. The van der Waals surface area contributed by atoms with Gasteiger partial charge in [-0.05, 0) is 0 Å². The Hall–Kier alpha value is -2.03. The quantitative estimate of drug-likeness (QED) is 0.220. The number of fused-ring (bicyclic) bond motifs is 1. The van der Waals surface area contributed by atoms with E-state index in [1.807, 2.05) is 6.07 Å². The van der Waals surface area contributed by atoms with Crippen LogP contribution in [-0.2, 0) is 6.16 Å². The summed E-state index contributed by atoms with van der Waals surface area (Å²) in [6, 6.07) is 38.7. The SMILES string of the molecule is Clc1cc2nc(CP(Br)(c3ccccc3)(c3ccccc3)c3ccccc3)ccc2s1. The molecule has 5 aromatic rings. The third-order valence-electron chi connectivity index (χ3n) is 5.74. The zero-order chi connectivity index (χ0) is 21.3. The van der Waals surface area contributed by atoms with E-state index in [-0.39, 0.29) is 0 Å². The molecule has 0 aliphatic carbocycles. The van der Waals surface area contributed by atoms with Crippen LogP contribution in [0.2, 0.25) is 4.34 Å². The summed E-state index contributed by atoms with van der Waals surface area (Å²) >= 11 is 12.3. The van der Waals surface area contributed by atoms with Crippen LogP contribution in [0.3, 0.4) is 0 Å². The van der Waals surface area contributed by atoms with Gasteiger partial charge in [0.25, 0.3) is 0 Å². The molecule has 0 N–H and O–H groups in total. The predicted molar refractivity (Wildman–Crippen MR) is 142 cm³/mol. The van der Waals surface area contributed by atoms with Gasteiger partial charge in [-0.15, -0.1) is 0 Å². The molecule has 5 heteroatoms. The van der Waals surface area contributed by atoms with Crippen molar-refractivity contribution in [2.75, 3.05) is 0 Å². The first-order valence-electron chi connectivity index (χ1n) is 10.0. The van der Waals surface area contributed by atoms with Gasteiger partial charge < -0.3 is 0 Å². The summed E-state index contributed by atoms with van der Waals surface area (Å²) < 4.78 is 1.88. The summed E-state index contributed by atoms with van der Waals surface area (Å²) in [4.78, 5) is 5.03. The van der Waals surface area contributed by atoms with Crippen LogP contribution in [0.4, 0.5) is 0 Å². The van der Waals surface area contributed by atoms with Crippen molar-refractivity contribution in [1.29, 1.82) is 0 Å². The fourth-order valence-corrected chi connectivity index (χ4v) is 12.9. The number of benzene rings is 3. The van der Waals surface area contributed by atoms with E-state index >= 15 is 0 Å². The van der Waals surface area contributed by atoms with Crippen molar-refractivity contribution < 1.29 is 0 Å². The summed E-state index contributed by atoms with van der Waals surface area (Å²) in [5, 5.41) is 0.821. The Morgan fingerprint density at radius 1 is 0.710 bits per heavy atom. The van der Waals surface area contributed by atoms with Crippen molar-refractivity contribution in [2.45, 2.75) is 6.16 Å². The number of halogens is 2. The van der Waals surface area contributed by atoms with Gasteiger partial charge in [0, 0.05) is 0 Å². The molecule has 2 aromatic heterocycles. The van der Waals surface area contributed by atoms with E-state index < -0.39 is 5.31 Å². The van der Waals surface area contributed by atoms with Gasteiger partial charge in [-0.2, -0.15) is 0 Å². The molecule has 2 heterocycles. The maximum absolute atomic E-state index is 6.26. The second-order valence-corrected chi connectivity index (χ2v) is 18.2. The molecule has 0 fully saturated rings. The van der Waals surface area contributed by atoms with E-state index in [1.165, 1.54) is 15.9 Å². The van der Waals surface area contributed by atoms with Crippen molar-refractivity contribution in [1.82, 2.24) is 4.98 Å². The van der Waals surface area contributed by atoms with Crippen LogP contribution < -0.4 is 15.9 Å². The Labute approximate surface area is 199 Å². The standard InChI is InChI=1S/C26H20BrClNPS/c27-30(21-10-4-1-5-11-21,22-12-6-2-7-13-22,23-14-8-3-9-15-23)19-20-16-17-25-24(29-20)18-26(28)31-25/h1-18H,19H2. The molecule has 0 aliphatic heterocycles. The molecule has 0 aliphatic rings. The second kappa shape index (κ2) is 8.15. The molecular weight excluding hydrogens is 505 g/mol. The van der Waals surface area contributed by atoms with Crippen LogP contribution in [0.1, 0.15) is 5.69 Å². The summed E-state index contributed by atoms with van der Waals surface area (Å²) in [6.45, 7) is 0. The van der Waals surface area contributed by atoms with E-state index in [0.717, 1.165) is 26.4 Å². The average Bonchev–Trinajstić information content (AvgIpc) is 3.20. The van der Waals surface area contributed by atoms with E-state index in [2.05, 4.69) is 119 Å². The zero-order valence-corrected chi connectivity index (χ0v) is 20.7. The molecule has 0 unspecified atom stereocenters. The van der Waals surface area contributed by atoms with Crippen LogP contribution >= 0.6 is 43.7 Å². The molecule has 0 amide bonds. The first-order chi connectivity index (χ1) is 15.1. The summed E-state index contributed by atoms with van der Waals surface area (Å²) in [7, 11) is 0. The number of nitrogens with zero attached hydrogens (tertiary/aromatic N) is 1. The number of pyridine rings is 1. The number of hydrogen-bond acceptors (Lipinski definition) is 2. The van der Waals surface area contributed by atoms with Gasteiger partial charge in [0.2, 0.25) is 0 Å². The first kappa shape index (κ1) is 20.8. The Kier molecular flexibility index (Phi) is 5.48. The second-order valence-electron chi connectivity index (χ2n) is 7.58. The molecule has 31 heavy (non-hydrogen) atoms. The molecule has 0 saturated heterocycles. The molecule has 5 rings (SSSR count). The third-order valence-corrected chi connectivity index (χ3v) is 16.4. The van der Waals surface area contributed by atoms with Crippen LogP contribution in [-0.4, -0.2) is 4.98 Å². The molecule has 0 spiro atoms. The Bertz CT molecular complexity index is 1240. The monoisotopic (exact) mass is 523 g/mol. The van der Waals surface area contributed by atoms with E-state index in [1.54, 1.807) is 11.3 Å². The minimum atomic E-state index is -3.04. The summed E-state index contributed by atoms with van der Waals surface area (Å²) in [5.41, 5.74) is 2.01. The van der Waals surface area contributed by atoms with Gasteiger partial charge in [0.1, 0.15) is 0 Å². The molecule has 0 saturated carbocycles. The molecule has 0 radical (unpaired) electrons. The van der Waals surface area contributed by atoms with Crippen LogP contribution in [0, 0.1) is 0 Å². The number of thiophene rings is 1. The Morgan fingerprint density at radius 2 is 1.19 bits per heavy atom. The number of rotatable bonds is 5. The Morgan fingerprint density at radius 3 is 1.68 bits per heavy atom. The van der Waals surface area contributed by atoms with Crippen molar-refractivity contribution in [3.8, 4) is 0 Å². The van der Waals surface area contributed by atoms with E-state index in [0.29, 0.717) is 0 Å². The molecule has 0 atom stereocenters. The first-order valence-corrected chi connectivity index (χ1v) is 15.7. The van der Waals surface area contributed by atoms with E-state index in [4.69, 9.17) is 16.6 Å². The number of aromatic nitrogens is 1. The molecular formula is C26H20BrClNPS. The fraction of sp³-hybridized carbons (Fsp3) is 0.0385. The van der Waals surface area contributed by atoms with Gasteiger partial charge >= 0.3 is 200 Å². The van der Waals surface area contributed by atoms with Crippen LogP contribution in [0.25, 0.3) is 10.2 Å². The predicted octanol–water partition coefficient (Wildman–Crippen LogP) is 7.29.